The highest BCUT2D eigenvalue weighted by Gasteiger charge is 2.16. The standard InChI is InChI=1S/C8H15NO3S/c1-5(4-7(10)12-3)13-6(2)8(9)11/h5-6H,4H2,1-3H3,(H2,9,11). The predicted octanol–water partition coefficient (Wildman–Crippen LogP) is 0.545. The second-order valence-electron chi connectivity index (χ2n) is 2.77. The first-order chi connectivity index (χ1) is 5.97. The summed E-state index contributed by atoms with van der Waals surface area (Å²) in [5.41, 5.74) is 5.07. The lowest BCUT2D eigenvalue weighted by Gasteiger charge is -2.12. The van der Waals surface area contributed by atoms with Gasteiger partial charge in [0.25, 0.3) is 0 Å². The minimum atomic E-state index is -0.360. The van der Waals surface area contributed by atoms with E-state index in [0.29, 0.717) is 6.42 Å². The van der Waals surface area contributed by atoms with E-state index in [1.807, 2.05) is 6.92 Å². The number of esters is 1. The van der Waals surface area contributed by atoms with E-state index >= 15 is 0 Å². The number of hydrogen-bond donors (Lipinski definition) is 1. The van der Waals surface area contributed by atoms with E-state index in [0.717, 1.165) is 0 Å². The van der Waals surface area contributed by atoms with E-state index < -0.39 is 0 Å². The number of ether oxygens (including phenoxy) is 1. The van der Waals surface area contributed by atoms with E-state index in [4.69, 9.17) is 5.73 Å². The molecular weight excluding hydrogens is 190 g/mol. The molecule has 0 aromatic heterocycles. The molecule has 0 aromatic rings. The first kappa shape index (κ1) is 12.3. The largest absolute Gasteiger partial charge is 0.469 e. The fourth-order valence-electron chi connectivity index (χ4n) is 0.782. The van der Waals surface area contributed by atoms with Crippen LogP contribution in [0.5, 0.6) is 0 Å². The highest BCUT2D eigenvalue weighted by molar-refractivity contribution is 8.01. The summed E-state index contributed by atoms with van der Waals surface area (Å²) in [6.07, 6.45) is 0.304. The van der Waals surface area contributed by atoms with E-state index in [-0.39, 0.29) is 22.4 Å². The van der Waals surface area contributed by atoms with Crippen LogP contribution in [0.4, 0.5) is 0 Å². The van der Waals surface area contributed by atoms with E-state index in [1.165, 1.54) is 18.9 Å². The Hall–Kier alpha value is -0.710. The van der Waals surface area contributed by atoms with Gasteiger partial charge in [-0.25, -0.2) is 0 Å². The molecule has 0 radical (unpaired) electrons. The van der Waals surface area contributed by atoms with Crippen LogP contribution in [-0.2, 0) is 14.3 Å². The number of primary amides is 1. The molecule has 0 aliphatic carbocycles. The van der Waals surface area contributed by atoms with E-state index in [9.17, 15) is 9.59 Å². The lowest BCUT2D eigenvalue weighted by Crippen LogP contribution is -2.25. The number of hydrogen-bond acceptors (Lipinski definition) is 4. The van der Waals surface area contributed by atoms with Gasteiger partial charge in [0.2, 0.25) is 5.91 Å². The molecule has 0 bridgehead atoms. The molecule has 0 saturated heterocycles. The van der Waals surface area contributed by atoms with Gasteiger partial charge >= 0.3 is 5.97 Å². The molecule has 2 atom stereocenters. The molecule has 5 heteroatoms. The van der Waals surface area contributed by atoms with Crippen molar-refractivity contribution in [3.63, 3.8) is 0 Å². The molecule has 76 valence electrons. The molecule has 0 rings (SSSR count). The maximum absolute atomic E-state index is 10.8. The van der Waals surface area contributed by atoms with Crippen molar-refractivity contribution in [1.82, 2.24) is 0 Å². The second kappa shape index (κ2) is 5.85. The van der Waals surface area contributed by atoms with Crippen molar-refractivity contribution >= 4 is 23.6 Å². The van der Waals surface area contributed by atoms with Crippen LogP contribution in [0.3, 0.4) is 0 Å². The molecule has 0 heterocycles. The molecule has 13 heavy (non-hydrogen) atoms. The van der Waals surface area contributed by atoms with Gasteiger partial charge < -0.3 is 10.5 Å². The van der Waals surface area contributed by atoms with Crippen LogP contribution in [0.2, 0.25) is 0 Å². The highest BCUT2D eigenvalue weighted by atomic mass is 32.2. The van der Waals surface area contributed by atoms with E-state index in [2.05, 4.69) is 4.74 Å². The van der Waals surface area contributed by atoms with Crippen LogP contribution in [0, 0.1) is 0 Å². The number of rotatable bonds is 5. The van der Waals surface area contributed by atoms with Crippen molar-refractivity contribution in [3.8, 4) is 0 Å². The van der Waals surface area contributed by atoms with Crippen LogP contribution < -0.4 is 5.73 Å². The van der Waals surface area contributed by atoms with Gasteiger partial charge in [0, 0.05) is 5.25 Å². The maximum atomic E-state index is 10.8. The molecule has 0 fully saturated rings. The van der Waals surface area contributed by atoms with Gasteiger partial charge in [-0.1, -0.05) is 6.92 Å². The molecule has 0 saturated carbocycles. The normalized spacial score (nSPS) is 14.7. The summed E-state index contributed by atoms with van der Waals surface area (Å²) in [6, 6.07) is 0. The molecule has 0 aliphatic rings. The van der Waals surface area contributed by atoms with Crippen molar-refractivity contribution in [2.45, 2.75) is 30.8 Å². The average Bonchev–Trinajstić information content (AvgIpc) is 2.03. The number of methoxy groups -OCH3 is 1. The second-order valence-corrected chi connectivity index (χ2v) is 4.56. The van der Waals surface area contributed by atoms with Gasteiger partial charge in [0.1, 0.15) is 0 Å². The summed E-state index contributed by atoms with van der Waals surface area (Å²) in [5, 5.41) is -0.213. The van der Waals surface area contributed by atoms with Crippen molar-refractivity contribution in [1.29, 1.82) is 0 Å². The fraction of sp³-hybridized carbons (Fsp3) is 0.750. The highest BCUT2D eigenvalue weighted by Crippen LogP contribution is 2.19. The molecule has 0 aliphatic heterocycles. The van der Waals surface area contributed by atoms with Crippen LogP contribution >= 0.6 is 11.8 Å². The Balaban J connectivity index is 3.80. The van der Waals surface area contributed by atoms with Crippen LogP contribution in [0.15, 0.2) is 0 Å². The topological polar surface area (TPSA) is 69.4 Å². The van der Waals surface area contributed by atoms with Gasteiger partial charge in [0.05, 0.1) is 18.8 Å². The minimum absolute atomic E-state index is 0.0509. The summed E-state index contributed by atoms with van der Waals surface area (Å²) in [4.78, 5) is 21.5. The fourth-order valence-corrected chi connectivity index (χ4v) is 1.85. The van der Waals surface area contributed by atoms with Gasteiger partial charge in [-0.15, -0.1) is 11.8 Å². The summed E-state index contributed by atoms with van der Waals surface area (Å²) in [5.74, 6) is -0.626. The van der Waals surface area contributed by atoms with Crippen molar-refractivity contribution in [3.05, 3.63) is 0 Å². The molecule has 0 spiro atoms. The zero-order valence-corrected chi connectivity index (χ0v) is 8.89. The SMILES string of the molecule is COC(=O)CC(C)SC(C)C(N)=O. The van der Waals surface area contributed by atoms with Crippen LogP contribution in [-0.4, -0.2) is 29.5 Å². The van der Waals surface area contributed by atoms with Crippen molar-refractivity contribution in [2.75, 3.05) is 7.11 Å². The number of amides is 1. The zero-order valence-electron chi connectivity index (χ0n) is 8.07. The summed E-state index contributed by atoms with van der Waals surface area (Å²) in [7, 11) is 1.34. The Morgan fingerprint density at radius 3 is 2.38 bits per heavy atom. The molecule has 2 N–H and O–H groups in total. The Bertz CT molecular complexity index is 196. The number of nitrogens with two attached hydrogens (primary N) is 1. The number of carbonyl (C=O) groups is 2. The minimum Gasteiger partial charge on any atom is -0.469 e. The quantitative estimate of drug-likeness (QED) is 0.665. The third kappa shape index (κ3) is 5.52. The lowest BCUT2D eigenvalue weighted by molar-refractivity contribution is -0.140. The predicted molar refractivity (Wildman–Crippen MR) is 52.3 cm³/mol. The molecular formula is C8H15NO3S. The first-order valence-corrected chi connectivity index (χ1v) is 4.93. The van der Waals surface area contributed by atoms with Gasteiger partial charge in [-0.2, -0.15) is 0 Å². The van der Waals surface area contributed by atoms with E-state index in [1.54, 1.807) is 6.92 Å². The van der Waals surface area contributed by atoms with Crippen molar-refractivity contribution < 1.29 is 14.3 Å². The Morgan fingerprint density at radius 1 is 1.46 bits per heavy atom. The molecule has 1 amide bonds. The van der Waals surface area contributed by atoms with Crippen LogP contribution in [0.1, 0.15) is 20.3 Å². The first-order valence-electron chi connectivity index (χ1n) is 3.99. The molecule has 0 aromatic carbocycles. The van der Waals surface area contributed by atoms with Gasteiger partial charge in [-0.3, -0.25) is 9.59 Å². The Morgan fingerprint density at radius 2 is 2.00 bits per heavy atom. The third-order valence-electron chi connectivity index (χ3n) is 1.52. The Kier molecular flexibility index (Phi) is 5.53. The Labute approximate surface area is 82.2 Å². The summed E-state index contributed by atoms with van der Waals surface area (Å²) in [6.45, 7) is 3.59. The third-order valence-corrected chi connectivity index (χ3v) is 2.79. The summed E-state index contributed by atoms with van der Waals surface area (Å²) >= 11 is 1.38. The van der Waals surface area contributed by atoms with Gasteiger partial charge in [0.15, 0.2) is 0 Å². The molecule has 2 unspecified atom stereocenters. The van der Waals surface area contributed by atoms with Crippen molar-refractivity contribution in [2.24, 2.45) is 5.73 Å². The van der Waals surface area contributed by atoms with Gasteiger partial charge in [-0.05, 0) is 6.92 Å². The smallest absolute Gasteiger partial charge is 0.306 e. The van der Waals surface area contributed by atoms with Crippen LogP contribution in [0.25, 0.3) is 0 Å². The average molecular weight is 205 g/mol. The number of thioether (sulfide) groups is 1. The zero-order chi connectivity index (χ0) is 10.4. The summed E-state index contributed by atoms with van der Waals surface area (Å²) < 4.78 is 4.49. The monoisotopic (exact) mass is 205 g/mol. The lowest BCUT2D eigenvalue weighted by atomic mass is 10.3. The molecule has 4 nitrogen and oxygen atoms in total. The number of carbonyl (C=O) groups excluding carboxylic acids is 2. The maximum Gasteiger partial charge on any atom is 0.306 e.